The molecule has 0 saturated heterocycles. The number of nitrogens with zero attached hydrogens (tertiary/aromatic N) is 2. The SMILES string of the molecule is C[C@]12CCC(=O)C=C1CC[C@@H]1[C@@H]2CC[C@@]2(C)[C@H]1CC[C@@]2(O)C#Cc1c2nc(c(-c3ccccc3)c3ccc(cc4ccc([nH]4)c(-c4ccccc4)c4nc1C=C4)[nH]3)C=C2. The zero-order valence-electron chi connectivity index (χ0n) is 33.7. The van der Waals surface area contributed by atoms with Gasteiger partial charge in [-0.2, -0.15) is 0 Å². The van der Waals surface area contributed by atoms with E-state index in [4.69, 9.17) is 9.97 Å². The minimum absolute atomic E-state index is 0.0826. The number of allylic oxidation sites excluding steroid dienone is 1. The topological polar surface area (TPSA) is 94.7 Å². The molecule has 0 unspecified atom stereocenters. The molecule has 6 aliphatic rings. The zero-order valence-corrected chi connectivity index (χ0v) is 33.7. The van der Waals surface area contributed by atoms with Crippen molar-refractivity contribution in [3.8, 4) is 34.1 Å². The maximum Gasteiger partial charge on any atom is 0.155 e. The van der Waals surface area contributed by atoms with Crippen LogP contribution in [0.25, 0.3) is 68.6 Å². The van der Waals surface area contributed by atoms with Gasteiger partial charge in [-0.05, 0) is 140 Å². The number of carbonyl (C=O) groups is 1. The average Bonchev–Trinajstić information content (AvgIpc) is 4.11. The highest BCUT2D eigenvalue weighted by atomic mass is 16.3. The van der Waals surface area contributed by atoms with Crippen molar-refractivity contribution in [2.75, 3.05) is 0 Å². The number of H-pyrrole nitrogens is 2. The normalized spacial score (nSPS) is 27.9. The van der Waals surface area contributed by atoms with Crippen LogP contribution in [0.5, 0.6) is 0 Å². The van der Waals surface area contributed by atoms with Gasteiger partial charge < -0.3 is 15.1 Å². The third-order valence-corrected chi connectivity index (χ3v) is 15.2. The Morgan fingerprint density at radius 3 is 1.85 bits per heavy atom. The van der Waals surface area contributed by atoms with Crippen molar-refractivity contribution in [3.05, 3.63) is 131 Å². The Kier molecular flexibility index (Phi) is 8.26. The highest BCUT2D eigenvalue weighted by Gasteiger charge is 2.63. The van der Waals surface area contributed by atoms with Gasteiger partial charge in [0.25, 0.3) is 0 Å². The molecule has 2 aromatic carbocycles. The second-order valence-electron chi connectivity index (χ2n) is 18.2. The fraction of sp³-hybridized carbons (Fsp3) is 0.302. The number of carbonyl (C=O) groups excluding carboxylic acids is 1. The number of hydrogen-bond donors (Lipinski definition) is 3. The molecule has 292 valence electrons. The lowest BCUT2D eigenvalue weighted by atomic mass is 9.46. The largest absolute Gasteiger partial charge is 0.377 e. The first-order valence-corrected chi connectivity index (χ1v) is 21.4. The Labute approximate surface area is 345 Å². The number of fused-ring (bicyclic) bond motifs is 13. The highest BCUT2D eigenvalue weighted by molar-refractivity contribution is 5.94. The number of aromatic amines is 2. The summed E-state index contributed by atoms with van der Waals surface area (Å²) in [6, 6.07) is 31.4. The molecule has 0 spiro atoms. The van der Waals surface area contributed by atoms with Crippen molar-refractivity contribution in [1.29, 1.82) is 0 Å². The second-order valence-corrected chi connectivity index (χ2v) is 18.2. The van der Waals surface area contributed by atoms with Crippen molar-refractivity contribution >= 4 is 52.2 Å². The monoisotopic (exact) mass is 772 g/mol. The van der Waals surface area contributed by atoms with E-state index in [9.17, 15) is 9.90 Å². The highest BCUT2D eigenvalue weighted by Crippen LogP contribution is 2.67. The van der Waals surface area contributed by atoms with Gasteiger partial charge in [0.1, 0.15) is 5.60 Å². The summed E-state index contributed by atoms with van der Waals surface area (Å²) in [5.41, 5.74) is 11.8. The van der Waals surface area contributed by atoms with E-state index in [1.807, 2.05) is 18.2 Å². The third-order valence-electron chi connectivity index (χ3n) is 15.2. The lowest BCUT2D eigenvalue weighted by molar-refractivity contribution is -0.119. The number of rotatable bonds is 2. The lowest BCUT2D eigenvalue weighted by Gasteiger charge is -2.58. The summed E-state index contributed by atoms with van der Waals surface area (Å²) in [5.74, 6) is 8.91. The van der Waals surface area contributed by atoms with E-state index in [1.165, 1.54) is 5.57 Å². The van der Waals surface area contributed by atoms with Crippen LogP contribution in [0.15, 0.2) is 103 Å². The molecular weight excluding hydrogens is 725 g/mol. The van der Waals surface area contributed by atoms with Crippen LogP contribution in [0.4, 0.5) is 0 Å². The van der Waals surface area contributed by atoms with E-state index in [0.29, 0.717) is 41.9 Å². The maximum absolute atomic E-state index is 12.9. The molecule has 11 rings (SSSR count). The molecule has 3 N–H and O–H groups in total. The van der Waals surface area contributed by atoms with Gasteiger partial charge in [-0.25, -0.2) is 9.97 Å². The second kappa shape index (κ2) is 13.5. The first kappa shape index (κ1) is 36.1. The molecule has 8 bridgehead atoms. The van der Waals surface area contributed by atoms with E-state index in [2.05, 4.69) is 139 Å². The minimum Gasteiger partial charge on any atom is -0.377 e. The van der Waals surface area contributed by atoms with Crippen molar-refractivity contribution < 1.29 is 9.90 Å². The molecule has 0 radical (unpaired) electrons. The van der Waals surface area contributed by atoms with Crippen LogP contribution < -0.4 is 0 Å². The molecule has 6 heteroatoms. The standard InChI is InChI=1S/C53H48N4O2/c1-51-27-23-38(58)31-35(51)13-16-39-41(51)25-28-52(2)42(39)26-30-53(52,59)29-24-40-43-19-21-47(56-43)49(33-9-5-3-6-10-33)45-17-14-36(54-45)32-37-15-18-46(55-37)50(34-11-7-4-8-12-34)48-22-20-44(40)57-48/h3-12,14-15,17-22,31-32,39,41-42,54-55,59H,13,16,23,25-28,30H2,1-2H3/t39-,41+,42+,51+,52+,53+/m1/s1. The van der Waals surface area contributed by atoms with Crippen LogP contribution in [0.3, 0.4) is 0 Å². The molecule has 59 heavy (non-hydrogen) atoms. The van der Waals surface area contributed by atoms with Crippen molar-refractivity contribution in [3.63, 3.8) is 0 Å². The van der Waals surface area contributed by atoms with Crippen molar-refractivity contribution in [1.82, 2.24) is 19.9 Å². The first-order valence-electron chi connectivity index (χ1n) is 21.4. The number of aromatic nitrogens is 4. The van der Waals surface area contributed by atoms with E-state index < -0.39 is 5.60 Å². The zero-order chi connectivity index (χ0) is 39.9. The van der Waals surface area contributed by atoms with E-state index in [-0.39, 0.29) is 10.8 Å². The molecule has 3 aromatic heterocycles. The molecule has 3 saturated carbocycles. The Hall–Kier alpha value is -6.03. The van der Waals surface area contributed by atoms with Gasteiger partial charge in [-0.3, -0.25) is 4.79 Å². The molecule has 6 atom stereocenters. The smallest absolute Gasteiger partial charge is 0.155 e. The summed E-state index contributed by atoms with van der Waals surface area (Å²) >= 11 is 0. The molecule has 5 aromatic rings. The van der Waals surface area contributed by atoms with Gasteiger partial charge in [-0.15, -0.1) is 0 Å². The molecule has 3 fully saturated rings. The summed E-state index contributed by atoms with van der Waals surface area (Å²) < 4.78 is 0. The summed E-state index contributed by atoms with van der Waals surface area (Å²) in [5, 5.41) is 12.9. The fourth-order valence-electron chi connectivity index (χ4n) is 12.0. The Morgan fingerprint density at radius 2 is 1.24 bits per heavy atom. The maximum atomic E-state index is 12.9. The summed E-state index contributed by atoms with van der Waals surface area (Å²) in [6.07, 6.45) is 17.5. The Morgan fingerprint density at radius 1 is 0.661 bits per heavy atom. The number of benzene rings is 2. The number of ketones is 1. The predicted molar refractivity (Wildman–Crippen MR) is 238 cm³/mol. The van der Waals surface area contributed by atoms with Crippen molar-refractivity contribution in [2.45, 2.75) is 70.8 Å². The Bertz CT molecular complexity index is 2750. The van der Waals surface area contributed by atoms with E-state index >= 15 is 0 Å². The quantitative estimate of drug-likeness (QED) is 0.153. The van der Waals surface area contributed by atoms with Crippen LogP contribution in [0.1, 0.15) is 93.6 Å². The van der Waals surface area contributed by atoms with Crippen molar-refractivity contribution in [2.24, 2.45) is 28.6 Å². The van der Waals surface area contributed by atoms with Gasteiger partial charge in [0, 0.05) is 45.0 Å². The van der Waals surface area contributed by atoms with Gasteiger partial charge in [0.05, 0.1) is 28.3 Å². The molecular formula is C53H48N4O2. The summed E-state index contributed by atoms with van der Waals surface area (Å²) in [7, 11) is 0. The van der Waals surface area contributed by atoms with Gasteiger partial charge >= 0.3 is 0 Å². The van der Waals surface area contributed by atoms with Crippen LogP contribution in [-0.2, 0) is 4.79 Å². The summed E-state index contributed by atoms with van der Waals surface area (Å²) in [4.78, 5) is 30.5. The molecule has 4 aliphatic carbocycles. The first-order chi connectivity index (χ1) is 28.7. The molecule has 6 nitrogen and oxygen atoms in total. The number of nitrogens with one attached hydrogen (secondary N) is 2. The van der Waals surface area contributed by atoms with Crippen LogP contribution in [0.2, 0.25) is 0 Å². The number of hydrogen-bond acceptors (Lipinski definition) is 4. The van der Waals surface area contributed by atoms with Crippen LogP contribution >= 0.6 is 0 Å². The minimum atomic E-state index is -1.16. The summed E-state index contributed by atoms with van der Waals surface area (Å²) in [6.45, 7) is 4.73. The van der Waals surface area contributed by atoms with E-state index in [1.54, 1.807) is 0 Å². The van der Waals surface area contributed by atoms with Crippen LogP contribution in [0, 0.1) is 40.4 Å². The van der Waals surface area contributed by atoms with Crippen LogP contribution in [-0.4, -0.2) is 36.4 Å². The van der Waals surface area contributed by atoms with Gasteiger partial charge in [0.2, 0.25) is 0 Å². The van der Waals surface area contributed by atoms with E-state index in [0.717, 1.165) is 106 Å². The van der Waals surface area contributed by atoms with Gasteiger partial charge in [0.15, 0.2) is 5.78 Å². The Balaban J connectivity index is 1.10. The fourth-order valence-corrected chi connectivity index (χ4v) is 12.0. The predicted octanol–water partition coefficient (Wildman–Crippen LogP) is 11.6. The van der Waals surface area contributed by atoms with Gasteiger partial charge in [-0.1, -0.05) is 91.9 Å². The third kappa shape index (κ3) is 5.77. The average molecular weight is 773 g/mol. The number of aliphatic hydroxyl groups is 1. The molecule has 5 heterocycles. The molecule has 2 aliphatic heterocycles. The molecule has 0 amide bonds. The lowest BCUT2D eigenvalue weighted by Crippen LogP contribution is -2.54.